The van der Waals surface area contributed by atoms with E-state index >= 15 is 0 Å². The molecule has 0 radical (unpaired) electrons. The average molecular weight is 255 g/mol. The summed E-state index contributed by atoms with van der Waals surface area (Å²) in [6, 6.07) is 5.60. The van der Waals surface area contributed by atoms with Crippen molar-refractivity contribution in [3.63, 3.8) is 0 Å². The molecule has 3 N–H and O–H groups in total. The van der Waals surface area contributed by atoms with Gasteiger partial charge in [0.25, 0.3) is 0 Å². The van der Waals surface area contributed by atoms with Gasteiger partial charge in [0, 0.05) is 24.2 Å². The number of ether oxygens (including phenoxy) is 2. The first-order valence-corrected chi connectivity index (χ1v) is 5.86. The topological polar surface area (TPSA) is 71.0 Å². The first-order valence-electron chi connectivity index (χ1n) is 5.86. The first-order chi connectivity index (χ1) is 8.62. The molecule has 2 unspecified atom stereocenters. The molecule has 102 valence electrons. The van der Waals surface area contributed by atoms with Crippen LogP contribution in [0.15, 0.2) is 18.2 Å². The Morgan fingerprint density at radius 2 is 2.00 bits per heavy atom. The number of aliphatic hydroxyl groups is 2. The highest BCUT2D eigenvalue weighted by molar-refractivity contribution is 5.42. The molecule has 18 heavy (non-hydrogen) atoms. The van der Waals surface area contributed by atoms with Crippen LogP contribution in [-0.4, -0.2) is 43.7 Å². The minimum Gasteiger partial charge on any atom is -0.497 e. The molecule has 1 aromatic rings. The third kappa shape index (κ3) is 3.87. The first kappa shape index (κ1) is 14.8. The Kier molecular flexibility index (Phi) is 5.91. The monoisotopic (exact) mass is 255 g/mol. The van der Waals surface area contributed by atoms with Crippen LogP contribution in [-0.2, 0) is 0 Å². The molecule has 0 aliphatic rings. The number of benzene rings is 1. The second-order valence-corrected chi connectivity index (χ2v) is 4.07. The van der Waals surface area contributed by atoms with E-state index in [1.165, 1.54) is 0 Å². The van der Waals surface area contributed by atoms with Gasteiger partial charge in [-0.25, -0.2) is 0 Å². The maximum atomic E-state index is 9.30. The van der Waals surface area contributed by atoms with Crippen molar-refractivity contribution in [2.75, 3.05) is 27.4 Å². The number of hydrogen-bond acceptors (Lipinski definition) is 5. The summed E-state index contributed by atoms with van der Waals surface area (Å²) in [6.45, 7) is 2.04. The molecule has 0 aliphatic carbocycles. The van der Waals surface area contributed by atoms with Crippen LogP contribution in [0.5, 0.6) is 11.5 Å². The normalized spacial score (nSPS) is 14.1. The predicted octanol–water partition coefficient (Wildman–Crippen LogP) is 0.708. The van der Waals surface area contributed by atoms with Crippen LogP contribution in [0.3, 0.4) is 0 Å². The van der Waals surface area contributed by atoms with Crippen LogP contribution in [0.1, 0.15) is 18.5 Å². The summed E-state index contributed by atoms with van der Waals surface area (Å²) in [5.74, 6) is 1.46. The van der Waals surface area contributed by atoms with Crippen molar-refractivity contribution in [1.29, 1.82) is 0 Å². The summed E-state index contributed by atoms with van der Waals surface area (Å²) in [4.78, 5) is 0. The Morgan fingerprint density at radius 3 is 2.56 bits per heavy atom. The molecule has 0 fully saturated rings. The summed E-state index contributed by atoms with van der Waals surface area (Å²) >= 11 is 0. The Hall–Kier alpha value is -1.30. The van der Waals surface area contributed by atoms with E-state index in [4.69, 9.17) is 14.6 Å². The number of methoxy groups -OCH3 is 2. The SMILES string of the molecule is COc1ccc(C(C)NCC(O)CO)c(OC)c1. The molecule has 0 amide bonds. The van der Waals surface area contributed by atoms with Gasteiger partial charge in [-0.1, -0.05) is 6.07 Å². The third-order valence-corrected chi connectivity index (χ3v) is 2.78. The molecule has 0 saturated heterocycles. The lowest BCUT2D eigenvalue weighted by Crippen LogP contribution is -2.31. The molecule has 0 aromatic heterocycles. The van der Waals surface area contributed by atoms with Gasteiger partial charge in [-0.15, -0.1) is 0 Å². The molecule has 5 heteroatoms. The molecule has 2 atom stereocenters. The minimum atomic E-state index is -0.753. The molecule has 5 nitrogen and oxygen atoms in total. The smallest absolute Gasteiger partial charge is 0.127 e. The van der Waals surface area contributed by atoms with E-state index in [0.29, 0.717) is 6.54 Å². The largest absolute Gasteiger partial charge is 0.497 e. The van der Waals surface area contributed by atoms with Crippen molar-refractivity contribution in [2.45, 2.75) is 19.1 Å². The van der Waals surface area contributed by atoms with Crippen LogP contribution in [0, 0.1) is 0 Å². The van der Waals surface area contributed by atoms with E-state index in [9.17, 15) is 5.11 Å². The van der Waals surface area contributed by atoms with Gasteiger partial charge < -0.3 is 25.0 Å². The van der Waals surface area contributed by atoms with Gasteiger partial charge in [-0.05, 0) is 13.0 Å². The number of aliphatic hydroxyl groups excluding tert-OH is 2. The van der Waals surface area contributed by atoms with Crippen LogP contribution < -0.4 is 14.8 Å². The highest BCUT2D eigenvalue weighted by Gasteiger charge is 2.13. The van der Waals surface area contributed by atoms with Gasteiger partial charge in [0.1, 0.15) is 11.5 Å². The predicted molar refractivity (Wildman–Crippen MR) is 69.1 cm³/mol. The van der Waals surface area contributed by atoms with Gasteiger partial charge >= 0.3 is 0 Å². The third-order valence-electron chi connectivity index (χ3n) is 2.78. The lowest BCUT2D eigenvalue weighted by molar-refractivity contribution is 0.0923. The lowest BCUT2D eigenvalue weighted by Gasteiger charge is -2.19. The van der Waals surface area contributed by atoms with Crippen molar-refractivity contribution in [3.8, 4) is 11.5 Å². The second kappa shape index (κ2) is 7.20. The van der Waals surface area contributed by atoms with Gasteiger partial charge in [0.15, 0.2) is 0 Å². The molecular formula is C13H21NO4. The maximum Gasteiger partial charge on any atom is 0.127 e. The van der Waals surface area contributed by atoms with Crippen LogP contribution >= 0.6 is 0 Å². The highest BCUT2D eigenvalue weighted by Crippen LogP contribution is 2.29. The molecule has 0 spiro atoms. The van der Waals surface area contributed by atoms with Gasteiger partial charge in [0.2, 0.25) is 0 Å². The van der Waals surface area contributed by atoms with Crippen molar-refractivity contribution < 1.29 is 19.7 Å². The average Bonchev–Trinajstić information content (AvgIpc) is 2.43. The molecule has 0 aliphatic heterocycles. The van der Waals surface area contributed by atoms with E-state index in [0.717, 1.165) is 17.1 Å². The zero-order valence-electron chi connectivity index (χ0n) is 11.0. The van der Waals surface area contributed by atoms with Crippen molar-refractivity contribution in [2.24, 2.45) is 0 Å². The Bertz CT molecular complexity index is 370. The number of hydrogen-bond donors (Lipinski definition) is 3. The Labute approximate surface area is 107 Å². The van der Waals surface area contributed by atoms with Gasteiger partial charge in [0.05, 0.1) is 26.9 Å². The summed E-state index contributed by atoms with van der Waals surface area (Å²) < 4.78 is 10.4. The molecular weight excluding hydrogens is 234 g/mol. The standard InChI is InChI=1S/C13H21NO4/c1-9(14-7-10(16)8-15)12-5-4-11(17-2)6-13(12)18-3/h4-6,9-10,14-16H,7-8H2,1-3H3. The van der Waals surface area contributed by atoms with E-state index in [-0.39, 0.29) is 12.6 Å². The summed E-state index contributed by atoms with van der Waals surface area (Å²) in [6.07, 6.45) is -0.753. The van der Waals surface area contributed by atoms with Crippen molar-refractivity contribution in [3.05, 3.63) is 23.8 Å². The van der Waals surface area contributed by atoms with Crippen LogP contribution in [0.2, 0.25) is 0 Å². The van der Waals surface area contributed by atoms with Gasteiger partial charge in [-0.3, -0.25) is 0 Å². The molecule has 1 aromatic carbocycles. The fourth-order valence-electron chi connectivity index (χ4n) is 1.66. The maximum absolute atomic E-state index is 9.30. The Balaban J connectivity index is 2.75. The molecule has 0 heterocycles. The summed E-state index contributed by atoms with van der Waals surface area (Å²) in [5.41, 5.74) is 0.975. The second-order valence-electron chi connectivity index (χ2n) is 4.07. The molecule has 0 saturated carbocycles. The summed E-state index contributed by atoms with van der Waals surface area (Å²) in [5, 5.41) is 21.2. The van der Waals surface area contributed by atoms with Crippen molar-refractivity contribution >= 4 is 0 Å². The number of nitrogens with one attached hydrogen (secondary N) is 1. The lowest BCUT2D eigenvalue weighted by atomic mass is 10.1. The zero-order valence-corrected chi connectivity index (χ0v) is 11.0. The van der Waals surface area contributed by atoms with Crippen LogP contribution in [0.4, 0.5) is 0 Å². The van der Waals surface area contributed by atoms with Gasteiger partial charge in [-0.2, -0.15) is 0 Å². The summed E-state index contributed by atoms with van der Waals surface area (Å²) in [7, 11) is 3.21. The van der Waals surface area contributed by atoms with E-state index in [1.54, 1.807) is 14.2 Å². The molecule has 0 bridgehead atoms. The van der Waals surface area contributed by atoms with E-state index in [2.05, 4.69) is 5.32 Å². The fourth-order valence-corrected chi connectivity index (χ4v) is 1.66. The fraction of sp³-hybridized carbons (Fsp3) is 0.538. The Morgan fingerprint density at radius 1 is 1.28 bits per heavy atom. The quantitative estimate of drug-likeness (QED) is 0.669. The highest BCUT2D eigenvalue weighted by atomic mass is 16.5. The van der Waals surface area contributed by atoms with E-state index < -0.39 is 6.10 Å². The minimum absolute atomic E-state index is 0.00653. The zero-order chi connectivity index (χ0) is 13.5. The van der Waals surface area contributed by atoms with Crippen LogP contribution in [0.25, 0.3) is 0 Å². The van der Waals surface area contributed by atoms with Crippen molar-refractivity contribution in [1.82, 2.24) is 5.32 Å². The van der Waals surface area contributed by atoms with E-state index in [1.807, 2.05) is 25.1 Å². The molecule has 1 rings (SSSR count). The number of rotatable bonds is 7.